The fraction of sp³-hybridized carbons (Fsp3) is 0.310. The number of amides is 2. The molecule has 1 unspecified atom stereocenters. The number of benzene rings is 3. The van der Waals surface area contributed by atoms with Crippen LogP contribution in [0.4, 0.5) is 5.69 Å². The van der Waals surface area contributed by atoms with E-state index in [1.54, 1.807) is 67.6 Å². The molecule has 1 atom stereocenters. The largest absolute Gasteiger partial charge is 0.354 e. The third-order valence-electron chi connectivity index (χ3n) is 6.32. The number of hydrogen-bond acceptors (Lipinski definition) is 4. The number of unbranched alkanes of at least 4 members (excludes halogenated alkanes) is 1. The number of nitrogens with one attached hydrogen (secondary N) is 1. The van der Waals surface area contributed by atoms with Crippen LogP contribution >= 0.6 is 23.2 Å². The lowest BCUT2D eigenvalue weighted by atomic mass is 10.1. The molecule has 1 N–H and O–H groups in total. The Hall–Kier alpha value is -3.07. The van der Waals surface area contributed by atoms with Crippen molar-refractivity contribution in [2.75, 3.05) is 17.4 Å². The minimum Gasteiger partial charge on any atom is -0.354 e. The van der Waals surface area contributed by atoms with Gasteiger partial charge in [0.25, 0.3) is 10.0 Å². The van der Waals surface area contributed by atoms with Crippen LogP contribution in [0.2, 0.25) is 10.0 Å². The summed E-state index contributed by atoms with van der Waals surface area (Å²) in [6.07, 6.45) is 1.69. The summed E-state index contributed by atoms with van der Waals surface area (Å²) in [5.74, 6) is -0.933. The molecule has 0 fully saturated rings. The molecule has 0 heterocycles. The first-order valence-corrected chi connectivity index (χ1v) is 14.9. The van der Waals surface area contributed by atoms with Crippen molar-refractivity contribution in [3.63, 3.8) is 0 Å². The van der Waals surface area contributed by atoms with Crippen LogP contribution < -0.4 is 9.62 Å². The van der Waals surface area contributed by atoms with E-state index in [-0.39, 0.29) is 17.3 Å². The van der Waals surface area contributed by atoms with Gasteiger partial charge < -0.3 is 10.2 Å². The minimum absolute atomic E-state index is 0.0458. The summed E-state index contributed by atoms with van der Waals surface area (Å²) in [6, 6.07) is 18.8. The highest BCUT2D eigenvalue weighted by atomic mass is 35.5. The molecule has 2 amide bonds. The molecule has 0 saturated carbocycles. The Morgan fingerprint density at radius 1 is 0.923 bits per heavy atom. The van der Waals surface area contributed by atoms with Crippen LogP contribution in [0.3, 0.4) is 0 Å². The maximum atomic E-state index is 13.9. The number of sulfonamides is 1. The molecular formula is C29H33Cl2N3O4S. The second kappa shape index (κ2) is 13.8. The Kier molecular flexibility index (Phi) is 10.8. The number of hydrogen-bond donors (Lipinski definition) is 1. The third-order valence-corrected chi connectivity index (χ3v) is 8.82. The fourth-order valence-corrected chi connectivity index (χ4v) is 5.88. The summed E-state index contributed by atoms with van der Waals surface area (Å²) in [7, 11) is -4.12. The molecule has 0 aliphatic carbocycles. The van der Waals surface area contributed by atoms with E-state index in [0.717, 1.165) is 22.7 Å². The summed E-state index contributed by atoms with van der Waals surface area (Å²) in [5.41, 5.74) is 1.73. The lowest BCUT2D eigenvalue weighted by Crippen LogP contribution is -2.51. The van der Waals surface area contributed by atoms with Gasteiger partial charge >= 0.3 is 0 Å². The summed E-state index contributed by atoms with van der Waals surface area (Å²) < 4.78 is 28.6. The highest BCUT2D eigenvalue weighted by molar-refractivity contribution is 7.92. The van der Waals surface area contributed by atoms with Gasteiger partial charge in [0.1, 0.15) is 12.6 Å². The Morgan fingerprint density at radius 3 is 2.13 bits per heavy atom. The van der Waals surface area contributed by atoms with Crippen LogP contribution in [0.25, 0.3) is 0 Å². The molecule has 0 aromatic heterocycles. The third kappa shape index (κ3) is 7.75. The normalized spacial score (nSPS) is 12.0. The van der Waals surface area contributed by atoms with E-state index in [4.69, 9.17) is 23.2 Å². The van der Waals surface area contributed by atoms with E-state index >= 15 is 0 Å². The highest BCUT2D eigenvalue weighted by Crippen LogP contribution is 2.28. The monoisotopic (exact) mass is 589 g/mol. The second-order valence-corrected chi connectivity index (χ2v) is 11.9. The van der Waals surface area contributed by atoms with Gasteiger partial charge in [-0.25, -0.2) is 8.42 Å². The Balaban J connectivity index is 2.02. The first kappa shape index (κ1) is 30.5. The van der Waals surface area contributed by atoms with Crippen molar-refractivity contribution < 1.29 is 18.0 Å². The average molecular weight is 591 g/mol. The number of nitrogens with zero attached hydrogens (tertiary/aromatic N) is 2. The first-order valence-electron chi connectivity index (χ1n) is 12.7. The van der Waals surface area contributed by atoms with Crippen LogP contribution in [0.5, 0.6) is 0 Å². The van der Waals surface area contributed by atoms with Crippen molar-refractivity contribution in [3.8, 4) is 0 Å². The van der Waals surface area contributed by atoms with Crippen molar-refractivity contribution in [1.82, 2.24) is 10.2 Å². The standard InChI is InChI=1S/C29H33Cl2N3O4S/c1-4-5-18-32-29(36)22(3)33(19-25-26(30)12-9-13-27(25)31)28(35)20-34(23-16-14-21(2)15-17-23)39(37,38)24-10-7-6-8-11-24/h6-17,22H,4-5,18-20H2,1-3H3,(H,32,36). The Labute approximate surface area is 240 Å². The Morgan fingerprint density at radius 2 is 1.54 bits per heavy atom. The average Bonchev–Trinajstić information content (AvgIpc) is 2.92. The molecule has 10 heteroatoms. The number of rotatable bonds is 12. The lowest BCUT2D eigenvalue weighted by molar-refractivity contribution is -0.139. The fourth-order valence-electron chi connectivity index (χ4n) is 3.93. The van der Waals surface area contributed by atoms with Crippen molar-refractivity contribution >= 4 is 50.7 Å². The smallest absolute Gasteiger partial charge is 0.264 e. The number of carbonyl (C=O) groups excluding carboxylic acids is 2. The van der Waals surface area contributed by atoms with Crippen LogP contribution in [0.1, 0.15) is 37.8 Å². The molecule has 0 saturated heterocycles. The number of carbonyl (C=O) groups is 2. The first-order chi connectivity index (χ1) is 18.6. The summed E-state index contributed by atoms with van der Waals surface area (Å²) in [4.78, 5) is 28.3. The van der Waals surface area contributed by atoms with E-state index < -0.39 is 28.5 Å². The van der Waals surface area contributed by atoms with E-state index in [1.165, 1.54) is 17.0 Å². The van der Waals surface area contributed by atoms with E-state index in [2.05, 4.69) is 5.32 Å². The van der Waals surface area contributed by atoms with Gasteiger partial charge in [0.2, 0.25) is 11.8 Å². The molecule has 0 spiro atoms. The topological polar surface area (TPSA) is 86.8 Å². The summed E-state index contributed by atoms with van der Waals surface area (Å²) in [6.45, 7) is 5.36. The molecule has 3 aromatic carbocycles. The highest BCUT2D eigenvalue weighted by Gasteiger charge is 2.33. The molecule has 0 bridgehead atoms. The maximum Gasteiger partial charge on any atom is 0.264 e. The van der Waals surface area contributed by atoms with Crippen LogP contribution in [-0.2, 0) is 26.2 Å². The van der Waals surface area contributed by atoms with E-state index in [1.807, 2.05) is 13.8 Å². The van der Waals surface area contributed by atoms with E-state index in [9.17, 15) is 18.0 Å². The quantitative estimate of drug-likeness (QED) is 0.269. The SMILES string of the molecule is CCCCNC(=O)C(C)N(Cc1c(Cl)cccc1Cl)C(=O)CN(c1ccc(C)cc1)S(=O)(=O)c1ccccc1. The van der Waals surface area contributed by atoms with Crippen molar-refractivity contribution in [3.05, 3.63) is 94.0 Å². The van der Waals surface area contributed by atoms with Gasteiger partial charge in [-0.3, -0.25) is 13.9 Å². The van der Waals surface area contributed by atoms with Gasteiger partial charge in [-0.1, -0.05) is 78.5 Å². The van der Waals surface area contributed by atoms with Crippen molar-refractivity contribution in [2.24, 2.45) is 0 Å². The zero-order valence-electron chi connectivity index (χ0n) is 22.2. The van der Waals surface area contributed by atoms with Gasteiger partial charge in [0.05, 0.1) is 10.6 Å². The van der Waals surface area contributed by atoms with Gasteiger partial charge in [-0.2, -0.15) is 0 Å². The predicted octanol–water partition coefficient (Wildman–Crippen LogP) is 5.83. The van der Waals surface area contributed by atoms with Gasteiger partial charge in [0.15, 0.2) is 0 Å². The number of anilines is 1. The molecule has 3 aromatic rings. The van der Waals surface area contributed by atoms with Gasteiger partial charge in [-0.15, -0.1) is 0 Å². The molecule has 0 aliphatic heterocycles. The van der Waals surface area contributed by atoms with Crippen LogP contribution in [0.15, 0.2) is 77.7 Å². The lowest BCUT2D eigenvalue weighted by Gasteiger charge is -2.32. The summed E-state index contributed by atoms with van der Waals surface area (Å²) >= 11 is 12.8. The predicted molar refractivity (Wildman–Crippen MR) is 157 cm³/mol. The molecule has 0 aliphatic rings. The van der Waals surface area contributed by atoms with Crippen molar-refractivity contribution in [2.45, 2.75) is 51.1 Å². The zero-order chi connectivity index (χ0) is 28.6. The summed E-state index contributed by atoms with van der Waals surface area (Å²) in [5, 5.41) is 3.53. The van der Waals surface area contributed by atoms with Crippen molar-refractivity contribution in [1.29, 1.82) is 0 Å². The zero-order valence-corrected chi connectivity index (χ0v) is 24.6. The van der Waals surface area contributed by atoms with Crippen LogP contribution in [0, 0.1) is 6.92 Å². The molecule has 3 rings (SSSR count). The van der Waals surface area contributed by atoms with Gasteiger partial charge in [0, 0.05) is 28.7 Å². The number of halogens is 2. The molecular weight excluding hydrogens is 557 g/mol. The van der Waals surface area contributed by atoms with Gasteiger partial charge in [-0.05, 0) is 56.7 Å². The minimum atomic E-state index is -4.12. The van der Waals surface area contributed by atoms with E-state index in [0.29, 0.717) is 27.8 Å². The number of aryl methyl sites for hydroxylation is 1. The maximum absolute atomic E-state index is 13.9. The Bertz CT molecular complexity index is 1360. The second-order valence-electron chi connectivity index (χ2n) is 9.20. The molecule has 208 valence electrons. The molecule has 7 nitrogen and oxygen atoms in total. The molecule has 0 radical (unpaired) electrons. The van der Waals surface area contributed by atoms with Crippen LogP contribution in [-0.4, -0.2) is 44.3 Å². The molecule has 39 heavy (non-hydrogen) atoms.